The smallest absolute Gasteiger partial charge is 0.304 e. The summed E-state index contributed by atoms with van der Waals surface area (Å²) < 4.78 is 0. The third-order valence-corrected chi connectivity index (χ3v) is 2.31. The first-order chi connectivity index (χ1) is 6.09. The molecule has 0 saturated heterocycles. The molecule has 0 aliphatic heterocycles. The predicted molar refractivity (Wildman–Crippen MR) is 50.4 cm³/mol. The Morgan fingerprint density at radius 3 is 3.00 bits per heavy atom. The van der Waals surface area contributed by atoms with Gasteiger partial charge in [-0.15, -0.1) is 0 Å². The predicted octanol–water partition coefficient (Wildman–Crippen LogP) is -0.600. The minimum absolute atomic E-state index is 0.0940. The molecule has 1 atom stereocenters. The van der Waals surface area contributed by atoms with E-state index < -0.39 is 5.91 Å². The van der Waals surface area contributed by atoms with Crippen molar-refractivity contribution in [1.82, 2.24) is 10.3 Å². The number of rotatable bonds is 4. The van der Waals surface area contributed by atoms with E-state index in [1.54, 1.807) is 12.3 Å². The Bertz CT molecular complexity index is 344. The van der Waals surface area contributed by atoms with Crippen molar-refractivity contribution in [2.24, 2.45) is 5.73 Å². The number of aromatic amines is 1. The third kappa shape index (κ3) is 3.00. The Labute approximate surface area is 79.0 Å². The minimum atomic E-state index is -0.405. The molecule has 0 spiro atoms. The van der Waals surface area contributed by atoms with Gasteiger partial charge in [0.1, 0.15) is 0 Å². The third-order valence-electron chi connectivity index (χ3n) is 1.60. The van der Waals surface area contributed by atoms with Crippen molar-refractivity contribution in [2.45, 2.75) is 19.5 Å². The number of carbonyl (C=O) groups excluding carboxylic acids is 1. The van der Waals surface area contributed by atoms with Crippen molar-refractivity contribution < 1.29 is 4.79 Å². The Hall–Kier alpha value is -1.14. The van der Waals surface area contributed by atoms with Crippen molar-refractivity contribution in [2.75, 3.05) is 0 Å². The molecule has 1 aromatic rings. The second kappa shape index (κ2) is 4.20. The Kier molecular flexibility index (Phi) is 3.21. The van der Waals surface area contributed by atoms with Gasteiger partial charge in [-0.2, -0.15) is 0 Å². The van der Waals surface area contributed by atoms with Gasteiger partial charge in [-0.05, 0) is 6.92 Å². The number of carbonyl (C=O) groups is 1. The molecule has 1 rings (SSSR count). The van der Waals surface area contributed by atoms with Gasteiger partial charge in [0.15, 0.2) is 0 Å². The Morgan fingerprint density at radius 2 is 2.54 bits per heavy atom. The van der Waals surface area contributed by atoms with Crippen LogP contribution < -0.4 is 15.9 Å². The summed E-state index contributed by atoms with van der Waals surface area (Å²) in [4.78, 5) is 23.9. The molecule has 1 amide bonds. The summed E-state index contributed by atoms with van der Waals surface area (Å²) in [6.45, 7) is 2.12. The molecule has 0 aromatic carbocycles. The molecule has 0 fully saturated rings. The second-order valence-electron chi connectivity index (χ2n) is 2.68. The summed E-state index contributed by atoms with van der Waals surface area (Å²) in [5, 5.41) is 4.59. The molecule has 1 heterocycles. The number of aromatic nitrogens is 1. The molecule has 1 unspecified atom stereocenters. The molecule has 0 bridgehead atoms. The van der Waals surface area contributed by atoms with Crippen molar-refractivity contribution >= 4 is 17.2 Å². The highest BCUT2D eigenvalue weighted by Crippen LogP contribution is 1.95. The molecule has 0 aliphatic rings. The van der Waals surface area contributed by atoms with Crippen LogP contribution in [0.1, 0.15) is 12.6 Å². The SMILES string of the molecule is CC(NCc1csc(=O)[nH]1)C(N)=O. The highest BCUT2D eigenvalue weighted by atomic mass is 32.1. The van der Waals surface area contributed by atoms with E-state index in [0.717, 1.165) is 17.0 Å². The summed E-state index contributed by atoms with van der Waals surface area (Å²) >= 11 is 1.10. The number of hydrogen-bond donors (Lipinski definition) is 3. The van der Waals surface area contributed by atoms with Crippen LogP contribution in [0.5, 0.6) is 0 Å². The van der Waals surface area contributed by atoms with Gasteiger partial charge >= 0.3 is 4.87 Å². The average molecular weight is 201 g/mol. The molecule has 0 aliphatic carbocycles. The van der Waals surface area contributed by atoms with Gasteiger partial charge in [0.2, 0.25) is 5.91 Å². The highest BCUT2D eigenvalue weighted by Gasteiger charge is 2.07. The van der Waals surface area contributed by atoms with Crippen LogP contribution in [0.4, 0.5) is 0 Å². The standard InChI is InChI=1S/C7H11N3O2S/c1-4(6(8)11)9-2-5-3-13-7(12)10-5/h3-4,9H,2H2,1H3,(H2,8,11)(H,10,12). The summed E-state index contributed by atoms with van der Waals surface area (Å²) in [5.41, 5.74) is 5.80. The number of thiazole rings is 1. The fraction of sp³-hybridized carbons (Fsp3) is 0.429. The van der Waals surface area contributed by atoms with Crippen LogP contribution >= 0.6 is 11.3 Å². The van der Waals surface area contributed by atoms with Crippen molar-refractivity contribution in [1.29, 1.82) is 0 Å². The lowest BCUT2D eigenvalue weighted by Crippen LogP contribution is -2.38. The Morgan fingerprint density at radius 1 is 1.85 bits per heavy atom. The maximum atomic E-state index is 10.7. The van der Waals surface area contributed by atoms with Gasteiger partial charge in [0, 0.05) is 17.6 Å². The number of H-pyrrole nitrogens is 1. The van der Waals surface area contributed by atoms with Crippen LogP contribution in [-0.2, 0) is 11.3 Å². The van der Waals surface area contributed by atoms with Crippen LogP contribution in [0.2, 0.25) is 0 Å². The normalized spacial score (nSPS) is 12.7. The fourth-order valence-corrected chi connectivity index (χ4v) is 1.35. The monoisotopic (exact) mass is 201 g/mol. The number of nitrogens with two attached hydrogens (primary N) is 1. The van der Waals surface area contributed by atoms with E-state index in [4.69, 9.17) is 5.73 Å². The zero-order valence-corrected chi connectivity index (χ0v) is 7.98. The molecular formula is C7H11N3O2S. The van der Waals surface area contributed by atoms with Gasteiger partial charge in [-0.3, -0.25) is 9.59 Å². The van der Waals surface area contributed by atoms with E-state index in [1.807, 2.05) is 0 Å². The zero-order chi connectivity index (χ0) is 9.84. The number of hydrogen-bond acceptors (Lipinski definition) is 4. The summed E-state index contributed by atoms with van der Waals surface area (Å²) in [7, 11) is 0. The summed E-state index contributed by atoms with van der Waals surface area (Å²) in [5.74, 6) is -0.405. The van der Waals surface area contributed by atoms with Crippen LogP contribution in [0, 0.1) is 0 Å². The highest BCUT2D eigenvalue weighted by molar-refractivity contribution is 7.07. The molecule has 13 heavy (non-hydrogen) atoms. The van der Waals surface area contributed by atoms with Crippen molar-refractivity contribution in [3.63, 3.8) is 0 Å². The lowest BCUT2D eigenvalue weighted by atomic mass is 10.3. The van der Waals surface area contributed by atoms with Crippen LogP contribution in [0.15, 0.2) is 10.2 Å². The first-order valence-electron chi connectivity index (χ1n) is 3.79. The molecule has 4 N–H and O–H groups in total. The first-order valence-corrected chi connectivity index (χ1v) is 4.67. The van der Waals surface area contributed by atoms with Gasteiger partial charge in [-0.1, -0.05) is 11.3 Å². The van der Waals surface area contributed by atoms with E-state index >= 15 is 0 Å². The molecule has 0 saturated carbocycles. The molecule has 1 aromatic heterocycles. The van der Waals surface area contributed by atoms with Crippen LogP contribution in [-0.4, -0.2) is 16.9 Å². The number of primary amides is 1. The van der Waals surface area contributed by atoms with E-state index in [1.165, 1.54) is 0 Å². The second-order valence-corrected chi connectivity index (χ2v) is 3.52. The van der Waals surface area contributed by atoms with Gasteiger partial charge in [0.25, 0.3) is 0 Å². The van der Waals surface area contributed by atoms with Gasteiger partial charge in [-0.25, -0.2) is 0 Å². The Balaban J connectivity index is 2.43. The molecule has 0 radical (unpaired) electrons. The van der Waals surface area contributed by atoms with Gasteiger partial charge in [0.05, 0.1) is 6.04 Å². The van der Waals surface area contributed by atoms with Crippen molar-refractivity contribution in [3.8, 4) is 0 Å². The minimum Gasteiger partial charge on any atom is -0.368 e. The lowest BCUT2D eigenvalue weighted by molar-refractivity contribution is -0.119. The lowest BCUT2D eigenvalue weighted by Gasteiger charge is -2.07. The molecule has 72 valence electrons. The summed E-state index contributed by atoms with van der Waals surface area (Å²) in [6.07, 6.45) is 0. The maximum absolute atomic E-state index is 10.7. The first kappa shape index (κ1) is 9.94. The maximum Gasteiger partial charge on any atom is 0.304 e. The fourth-order valence-electron chi connectivity index (χ4n) is 0.764. The number of nitrogens with one attached hydrogen (secondary N) is 2. The topological polar surface area (TPSA) is 88.0 Å². The van der Waals surface area contributed by atoms with Gasteiger partial charge < -0.3 is 16.0 Å². The van der Waals surface area contributed by atoms with Crippen molar-refractivity contribution in [3.05, 3.63) is 20.7 Å². The van der Waals surface area contributed by atoms with E-state index in [2.05, 4.69) is 10.3 Å². The van der Waals surface area contributed by atoms with E-state index in [0.29, 0.717) is 6.54 Å². The van der Waals surface area contributed by atoms with Crippen LogP contribution in [0.3, 0.4) is 0 Å². The van der Waals surface area contributed by atoms with E-state index in [9.17, 15) is 9.59 Å². The quantitative estimate of drug-likeness (QED) is 0.607. The average Bonchev–Trinajstić information content (AvgIpc) is 2.47. The largest absolute Gasteiger partial charge is 0.368 e. The molecule has 6 heteroatoms. The van der Waals surface area contributed by atoms with Crippen LogP contribution in [0.25, 0.3) is 0 Å². The molecular weight excluding hydrogens is 190 g/mol. The van der Waals surface area contributed by atoms with E-state index in [-0.39, 0.29) is 10.9 Å². The summed E-state index contributed by atoms with van der Waals surface area (Å²) in [6, 6.07) is -0.386. The molecule has 5 nitrogen and oxygen atoms in total. The number of amides is 1. The zero-order valence-electron chi connectivity index (χ0n) is 7.16.